The second kappa shape index (κ2) is 15.6. The lowest BCUT2D eigenvalue weighted by Gasteiger charge is -2.29. The Morgan fingerprint density at radius 3 is 2.30 bits per heavy atom. The van der Waals surface area contributed by atoms with Crippen molar-refractivity contribution >= 4 is 23.2 Å². The van der Waals surface area contributed by atoms with Crippen molar-refractivity contribution in [3.8, 4) is 10.4 Å². The average Bonchev–Trinajstić information content (AvgIpc) is 3.69. The maximum Gasteiger partial charge on any atom is 0.243 e. The third kappa shape index (κ3) is 7.77. The van der Waals surface area contributed by atoms with Crippen molar-refractivity contribution in [2.24, 2.45) is 5.92 Å². The molecule has 3 N–H and O–H groups in total. The Labute approximate surface area is 241 Å². The molecule has 10 heteroatoms. The van der Waals surface area contributed by atoms with Gasteiger partial charge in [-0.1, -0.05) is 71.0 Å². The van der Waals surface area contributed by atoms with E-state index in [9.17, 15) is 19.8 Å². The fourth-order valence-electron chi connectivity index (χ4n) is 4.70. The van der Waals surface area contributed by atoms with Gasteiger partial charge in [0.2, 0.25) is 11.8 Å². The summed E-state index contributed by atoms with van der Waals surface area (Å²) in [6, 6.07) is 7.82. The number of carbonyl (C=O) groups excluding carboxylic acids is 2. The van der Waals surface area contributed by atoms with Gasteiger partial charge >= 0.3 is 0 Å². The molecule has 0 spiro atoms. The highest BCUT2D eigenvalue weighted by molar-refractivity contribution is 7.13. The van der Waals surface area contributed by atoms with Crippen molar-refractivity contribution in [1.82, 2.24) is 20.4 Å². The first kappa shape index (κ1) is 33.1. The van der Waals surface area contributed by atoms with Gasteiger partial charge in [-0.15, -0.1) is 11.3 Å². The number of β-amino-alcohol motifs (C(OH)–C–C–N with tert-alkyl or cyclic N) is 1. The largest absolute Gasteiger partial charge is 0.394 e. The summed E-state index contributed by atoms with van der Waals surface area (Å²) in [5, 5.41) is 27.2. The Bertz CT molecular complexity index is 1210. The lowest BCUT2D eigenvalue weighted by molar-refractivity contribution is -0.141. The van der Waals surface area contributed by atoms with E-state index in [-0.39, 0.29) is 31.4 Å². The quantitative estimate of drug-likeness (QED) is 0.346. The van der Waals surface area contributed by atoms with Gasteiger partial charge in [0, 0.05) is 19.0 Å². The number of likely N-dealkylation sites (tertiary alicyclic amines) is 1. The summed E-state index contributed by atoms with van der Waals surface area (Å²) in [6.45, 7) is 15.3. The number of hydrogen-bond donors (Lipinski definition) is 3. The zero-order chi connectivity index (χ0) is 30.0. The number of nitrogens with one attached hydrogen (secondary N) is 1. The molecule has 0 saturated carbocycles. The van der Waals surface area contributed by atoms with Gasteiger partial charge in [0.15, 0.2) is 0 Å². The number of amides is 2. The SMILES string of the molecule is CC.CC.Cc1cc(C(C(=O)N2CC(O)CC2C(=O)NC(CO)c2ccc(-c3scnc3C)cc2)C(C)C)on1. The van der Waals surface area contributed by atoms with Crippen molar-refractivity contribution in [3.63, 3.8) is 0 Å². The van der Waals surface area contributed by atoms with Crippen LogP contribution in [0.3, 0.4) is 0 Å². The van der Waals surface area contributed by atoms with Crippen molar-refractivity contribution in [1.29, 1.82) is 0 Å². The smallest absolute Gasteiger partial charge is 0.243 e. The number of aromatic nitrogens is 2. The van der Waals surface area contributed by atoms with Crippen molar-refractivity contribution in [2.75, 3.05) is 13.2 Å². The Morgan fingerprint density at radius 1 is 1.15 bits per heavy atom. The molecule has 0 aliphatic carbocycles. The zero-order valence-corrected chi connectivity index (χ0v) is 25.7. The van der Waals surface area contributed by atoms with Crippen LogP contribution in [-0.4, -0.2) is 62.4 Å². The number of rotatable bonds is 8. The first-order valence-corrected chi connectivity index (χ1v) is 14.9. The molecular formula is C30H44N4O5S. The zero-order valence-electron chi connectivity index (χ0n) is 24.8. The molecule has 1 aliphatic heterocycles. The van der Waals surface area contributed by atoms with Gasteiger partial charge in [0.25, 0.3) is 0 Å². The standard InChI is InChI=1S/C26H32N4O5S.2C2H6/c1-14(2)23(22-9-15(3)29-35-22)26(34)30-11-19(32)10-21(30)25(33)28-20(12-31)17-5-7-18(8-6-17)24-16(4)27-13-36-24;2*1-2/h5-9,13-14,19-21,23,31-32H,10-12H2,1-4H3,(H,28,33);2*1-2H3. The molecule has 4 unspecified atom stereocenters. The molecular weight excluding hydrogens is 528 g/mol. The topological polar surface area (TPSA) is 129 Å². The van der Waals surface area contributed by atoms with Crippen LogP contribution in [0.1, 0.15) is 82.6 Å². The number of hydrogen-bond acceptors (Lipinski definition) is 8. The highest BCUT2D eigenvalue weighted by atomic mass is 32.1. The number of aliphatic hydroxyl groups excluding tert-OH is 2. The van der Waals surface area contributed by atoms with Crippen molar-refractivity contribution in [2.45, 2.75) is 85.9 Å². The summed E-state index contributed by atoms with van der Waals surface area (Å²) in [5.41, 5.74) is 5.17. The molecule has 4 rings (SSSR count). The molecule has 40 heavy (non-hydrogen) atoms. The van der Waals surface area contributed by atoms with Crippen LogP contribution in [0, 0.1) is 19.8 Å². The third-order valence-electron chi connectivity index (χ3n) is 6.57. The first-order valence-electron chi connectivity index (χ1n) is 14.0. The van der Waals surface area contributed by atoms with E-state index in [4.69, 9.17) is 4.52 Å². The Balaban J connectivity index is 0.00000134. The Morgan fingerprint density at radius 2 is 1.80 bits per heavy atom. The van der Waals surface area contributed by atoms with E-state index >= 15 is 0 Å². The summed E-state index contributed by atoms with van der Waals surface area (Å²) in [6.07, 6.45) is -0.692. The minimum atomic E-state index is -0.856. The Hall–Kier alpha value is -3.08. The predicted octanol–water partition coefficient (Wildman–Crippen LogP) is 5.02. The van der Waals surface area contributed by atoms with Crippen molar-refractivity contribution < 1.29 is 24.3 Å². The van der Waals surface area contributed by atoms with Gasteiger partial charge in [-0.05, 0) is 30.9 Å². The number of aliphatic hydroxyl groups is 2. The molecule has 3 heterocycles. The molecule has 4 atom stereocenters. The van der Waals surface area contributed by atoms with E-state index in [0.29, 0.717) is 11.5 Å². The lowest BCUT2D eigenvalue weighted by Crippen LogP contribution is -2.49. The van der Waals surface area contributed by atoms with Crippen LogP contribution in [0.15, 0.2) is 40.4 Å². The van der Waals surface area contributed by atoms with Gasteiger partial charge in [-0.3, -0.25) is 9.59 Å². The number of carbonyl (C=O) groups is 2. The monoisotopic (exact) mass is 572 g/mol. The van der Waals surface area contributed by atoms with Gasteiger partial charge in [0.1, 0.15) is 17.7 Å². The highest BCUT2D eigenvalue weighted by Gasteiger charge is 2.43. The van der Waals surface area contributed by atoms with E-state index in [1.807, 2.05) is 72.7 Å². The molecule has 1 aromatic carbocycles. The molecule has 1 saturated heterocycles. The highest BCUT2D eigenvalue weighted by Crippen LogP contribution is 2.32. The number of aryl methyl sites for hydroxylation is 2. The van der Waals surface area contributed by atoms with Crippen molar-refractivity contribution in [3.05, 3.63) is 58.6 Å². The summed E-state index contributed by atoms with van der Waals surface area (Å²) in [4.78, 5) is 33.6. The summed E-state index contributed by atoms with van der Waals surface area (Å²) in [5.74, 6) is -0.988. The van der Waals surface area contributed by atoms with Gasteiger partial charge in [-0.25, -0.2) is 4.98 Å². The molecule has 0 radical (unpaired) electrons. The lowest BCUT2D eigenvalue weighted by atomic mass is 9.91. The van der Waals surface area contributed by atoms with Crippen LogP contribution in [0.25, 0.3) is 10.4 Å². The molecule has 2 amide bonds. The fraction of sp³-hybridized carbons (Fsp3) is 0.533. The number of thiazole rings is 1. The molecule has 1 fully saturated rings. The molecule has 220 valence electrons. The minimum Gasteiger partial charge on any atom is -0.394 e. The molecule has 0 bridgehead atoms. The number of nitrogens with zero attached hydrogens (tertiary/aromatic N) is 3. The fourth-order valence-corrected chi connectivity index (χ4v) is 5.51. The second-order valence-electron chi connectivity index (χ2n) is 9.62. The second-order valence-corrected chi connectivity index (χ2v) is 10.5. The van der Waals surface area contributed by atoms with E-state index in [1.165, 1.54) is 4.90 Å². The number of benzene rings is 1. The van der Waals surface area contributed by atoms with E-state index < -0.39 is 30.0 Å². The molecule has 3 aromatic rings. The summed E-state index contributed by atoms with van der Waals surface area (Å²) < 4.78 is 5.38. The summed E-state index contributed by atoms with van der Waals surface area (Å²) in [7, 11) is 0. The average molecular weight is 573 g/mol. The van der Waals surface area contributed by atoms with Crippen LogP contribution >= 0.6 is 11.3 Å². The van der Waals surface area contributed by atoms with E-state index in [2.05, 4.69) is 15.5 Å². The predicted molar refractivity (Wildman–Crippen MR) is 158 cm³/mol. The maximum atomic E-state index is 13.6. The van der Waals surface area contributed by atoms with Crippen LogP contribution in [0.5, 0.6) is 0 Å². The molecule has 9 nitrogen and oxygen atoms in total. The van der Waals surface area contributed by atoms with Crippen LogP contribution in [0.4, 0.5) is 0 Å². The van der Waals surface area contributed by atoms with E-state index in [1.54, 1.807) is 29.8 Å². The third-order valence-corrected chi connectivity index (χ3v) is 7.55. The van der Waals surface area contributed by atoms with Crippen LogP contribution in [-0.2, 0) is 9.59 Å². The molecule has 2 aromatic heterocycles. The van der Waals surface area contributed by atoms with E-state index in [0.717, 1.165) is 21.7 Å². The normalized spacial score (nSPS) is 17.8. The van der Waals surface area contributed by atoms with Crippen LogP contribution in [0.2, 0.25) is 0 Å². The van der Waals surface area contributed by atoms with Crippen LogP contribution < -0.4 is 5.32 Å². The minimum absolute atomic E-state index is 0.0555. The van der Waals surface area contributed by atoms with Gasteiger partial charge in [-0.2, -0.15) is 0 Å². The first-order chi connectivity index (χ1) is 19.2. The van der Waals surface area contributed by atoms with Gasteiger partial charge < -0.3 is 25.0 Å². The summed E-state index contributed by atoms with van der Waals surface area (Å²) >= 11 is 1.56. The maximum absolute atomic E-state index is 13.6. The van der Waals surface area contributed by atoms with Gasteiger partial charge in [0.05, 0.1) is 40.5 Å². The Kier molecular flexibility index (Phi) is 13.0. The molecule has 1 aliphatic rings.